The molecule has 2 rings (SSSR count). The monoisotopic (exact) mass is 298 g/mol. The highest BCUT2D eigenvalue weighted by Gasteiger charge is 2.29. The quantitative estimate of drug-likeness (QED) is 0.638. The molecule has 0 aromatic heterocycles. The van der Waals surface area contributed by atoms with Gasteiger partial charge in [0.15, 0.2) is 5.02 Å². The third-order valence-corrected chi connectivity index (χ3v) is 3.07. The van der Waals surface area contributed by atoms with Crippen LogP contribution < -0.4 is 10.5 Å². The lowest BCUT2D eigenvalue weighted by Gasteiger charge is -2.23. The molecule has 0 saturated heterocycles. The number of ether oxygens (including phenoxy) is 1. The Morgan fingerprint density at radius 1 is 1.53 bits per heavy atom. The van der Waals surface area contributed by atoms with Crippen molar-refractivity contribution in [2.45, 2.75) is 12.5 Å². The van der Waals surface area contributed by atoms with E-state index < -0.39 is 4.92 Å². The van der Waals surface area contributed by atoms with E-state index in [-0.39, 0.29) is 39.9 Å². The maximum absolute atomic E-state index is 10.8. The van der Waals surface area contributed by atoms with Crippen molar-refractivity contribution in [2.24, 2.45) is 5.73 Å². The van der Waals surface area contributed by atoms with Crippen LogP contribution in [0.5, 0.6) is 5.75 Å². The number of nitrogens with two attached hydrogens (primary N) is 1. The number of benzene rings is 1. The molecule has 2 N–H and O–H groups in total. The van der Waals surface area contributed by atoms with Crippen molar-refractivity contribution in [3.05, 3.63) is 31.8 Å². The molecule has 1 atom stereocenters. The Balaban J connectivity index is 0.00000144. The van der Waals surface area contributed by atoms with Crippen LogP contribution in [0.4, 0.5) is 5.69 Å². The molecule has 94 valence electrons. The van der Waals surface area contributed by atoms with Gasteiger partial charge in [-0.25, -0.2) is 0 Å². The molecule has 1 aromatic rings. The fourth-order valence-electron chi connectivity index (χ4n) is 1.64. The lowest BCUT2D eigenvalue weighted by Crippen LogP contribution is -2.21. The zero-order valence-corrected chi connectivity index (χ0v) is 10.8. The van der Waals surface area contributed by atoms with Crippen molar-refractivity contribution in [2.75, 3.05) is 6.61 Å². The topological polar surface area (TPSA) is 78.4 Å². The molecule has 1 aliphatic rings. The zero-order valence-electron chi connectivity index (χ0n) is 8.48. The maximum Gasteiger partial charge on any atom is 0.310 e. The van der Waals surface area contributed by atoms with E-state index in [1.165, 1.54) is 6.07 Å². The predicted octanol–water partition coefficient (Wildman–Crippen LogP) is 3.11. The molecular formula is C9H9Cl3N2O3. The summed E-state index contributed by atoms with van der Waals surface area (Å²) in [5.41, 5.74) is 6.12. The number of fused-ring (bicyclic) bond motifs is 1. The van der Waals surface area contributed by atoms with Crippen molar-refractivity contribution in [3.8, 4) is 5.75 Å². The molecular weight excluding hydrogens is 290 g/mol. The third kappa shape index (κ3) is 2.42. The van der Waals surface area contributed by atoms with Gasteiger partial charge in [0.2, 0.25) is 0 Å². The summed E-state index contributed by atoms with van der Waals surface area (Å²) in [6.07, 6.45) is 0.636. The van der Waals surface area contributed by atoms with E-state index >= 15 is 0 Å². The molecule has 0 amide bonds. The van der Waals surface area contributed by atoms with Gasteiger partial charge in [-0.3, -0.25) is 10.1 Å². The summed E-state index contributed by atoms with van der Waals surface area (Å²) in [6.45, 7) is 0.396. The van der Waals surface area contributed by atoms with Gasteiger partial charge in [-0.15, -0.1) is 12.4 Å². The summed E-state index contributed by atoms with van der Waals surface area (Å²) in [5, 5.41) is 10.7. The van der Waals surface area contributed by atoms with Crippen LogP contribution in [0.1, 0.15) is 18.0 Å². The maximum atomic E-state index is 10.8. The Bertz CT molecular complexity index is 467. The first kappa shape index (κ1) is 14.3. The molecule has 1 aliphatic heterocycles. The second kappa shape index (κ2) is 5.27. The number of nitrogens with zero attached hydrogens (tertiary/aromatic N) is 1. The van der Waals surface area contributed by atoms with Gasteiger partial charge in [-0.1, -0.05) is 23.2 Å². The molecule has 17 heavy (non-hydrogen) atoms. The lowest BCUT2D eigenvalue weighted by atomic mass is 10.0. The van der Waals surface area contributed by atoms with Gasteiger partial charge < -0.3 is 10.5 Å². The van der Waals surface area contributed by atoms with Gasteiger partial charge in [-0.2, -0.15) is 0 Å². The normalized spacial score (nSPS) is 17.7. The molecule has 0 radical (unpaired) electrons. The summed E-state index contributed by atoms with van der Waals surface area (Å²) in [7, 11) is 0. The Hall–Kier alpha value is -0.750. The minimum atomic E-state index is -0.631. The van der Waals surface area contributed by atoms with Crippen LogP contribution in [0.2, 0.25) is 10.0 Å². The predicted molar refractivity (Wildman–Crippen MR) is 67.4 cm³/mol. The van der Waals surface area contributed by atoms with E-state index in [9.17, 15) is 10.1 Å². The van der Waals surface area contributed by atoms with Crippen LogP contribution in [-0.4, -0.2) is 11.5 Å². The van der Waals surface area contributed by atoms with Crippen LogP contribution in [0.3, 0.4) is 0 Å². The van der Waals surface area contributed by atoms with E-state index in [2.05, 4.69) is 0 Å². The minimum absolute atomic E-state index is 0. The van der Waals surface area contributed by atoms with Crippen LogP contribution in [0, 0.1) is 10.1 Å². The Labute approximate surface area is 113 Å². The van der Waals surface area contributed by atoms with Gasteiger partial charge in [0, 0.05) is 18.0 Å². The summed E-state index contributed by atoms with van der Waals surface area (Å²) < 4.78 is 5.30. The minimum Gasteiger partial charge on any atom is -0.491 e. The highest BCUT2D eigenvalue weighted by atomic mass is 35.5. The van der Waals surface area contributed by atoms with Crippen molar-refractivity contribution < 1.29 is 9.66 Å². The number of halogens is 3. The van der Waals surface area contributed by atoms with Gasteiger partial charge in [-0.05, 0) is 6.07 Å². The number of rotatable bonds is 1. The molecule has 8 heteroatoms. The standard InChI is InChI=1S/C9H8Cl2N2O3.ClH/c10-5-3-4-6(12)1-2-16-9(4)7(11)8(5)13(14)15;/h3,6H,1-2,12H2;1H/t6-;/m0./s1. The average Bonchev–Trinajstić information content (AvgIpc) is 2.19. The summed E-state index contributed by atoms with van der Waals surface area (Å²) in [6, 6.07) is 1.20. The van der Waals surface area contributed by atoms with Crippen LogP contribution in [-0.2, 0) is 0 Å². The second-order valence-electron chi connectivity index (χ2n) is 3.44. The largest absolute Gasteiger partial charge is 0.491 e. The van der Waals surface area contributed by atoms with Crippen molar-refractivity contribution in [1.29, 1.82) is 0 Å². The van der Waals surface area contributed by atoms with Crippen LogP contribution >= 0.6 is 35.6 Å². The highest BCUT2D eigenvalue weighted by molar-refractivity contribution is 6.39. The van der Waals surface area contributed by atoms with E-state index in [4.69, 9.17) is 33.7 Å². The molecule has 1 heterocycles. The van der Waals surface area contributed by atoms with Crippen LogP contribution in [0.25, 0.3) is 0 Å². The van der Waals surface area contributed by atoms with Gasteiger partial charge in [0.1, 0.15) is 10.8 Å². The van der Waals surface area contributed by atoms with Crippen molar-refractivity contribution >= 4 is 41.3 Å². The van der Waals surface area contributed by atoms with Crippen LogP contribution in [0.15, 0.2) is 6.07 Å². The van der Waals surface area contributed by atoms with Gasteiger partial charge in [0.05, 0.1) is 11.5 Å². The number of nitro groups is 1. The fraction of sp³-hybridized carbons (Fsp3) is 0.333. The summed E-state index contributed by atoms with van der Waals surface area (Å²) >= 11 is 11.7. The number of hydrogen-bond donors (Lipinski definition) is 1. The average molecular weight is 300 g/mol. The summed E-state index contributed by atoms with van der Waals surface area (Å²) in [4.78, 5) is 10.1. The summed E-state index contributed by atoms with van der Waals surface area (Å²) in [5.74, 6) is 0.275. The van der Waals surface area contributed by atoms with E-state index in [1.54, 1.807) is 0 Å². The molecule has 0 spiro atoms. The lowest BCUT2D eigenvalue weighted by molar-refractivity contribution is -0.384. The fourth-order valence-corrected chi connectivity index (χ4v) is 2.31. The Morgan fingerprint density at radius 2 is 2.18 bits per heavy atom. The second-order valence-corrected chi connectivity index (χ2v) is 4.23. The third-order valence-electron chi connectivity index (χ3n) is 2.44. The van der Waals surface area contributed by atoms with Crippen molar-refractivity contribution in [3.63, 3.8) is 0 Å². The SMILES string of the molecule is Cl.N[C@H]1CCOc2c1cc(Cl)c([N+](=O)[O-])c2Cl. The molecule has 0 fully saturated rings. The molecule has 0 aliphatic carbocycles. The smallest absolute Gasteiger partial charge is 0.310 e. The number of nitro benzene ring substituents is 1. The van der Waals surface area contributed by atoms with E-state index in [0.29, 0.717) is 18.6 Å². The first-order chi connectivity index (χ1) is 7.52. The molecule has 1 aromatic carbocycles. The Morgan fingerprint density at radius 3 is 2.76 bits per heavy atom. The highest BCUT2D eigenvalue weighted by Crippen LogP contribution is 2.45. The zero-order chi connectivity index (χ0) is 11.9. The molecule has 0 bridgehead atoms. The number of hydrogen-bond acceptors (Lipinski definition) is 4. The van der Waals surface area contributed by atoms with E-state index in [0.717, 1.165) is 0 Å². The molecule has 0 unspecified atom stereocenters. The molecule has 5 nitrogen and oxygen atoms in total. The first-order valence-electron chi connectivity index (χ1n) is 4.57. The first-order valence-corrected chi connectivity index (χ1v) is 5.32. The van der Waals surface area contributed by atoms with E-state index in [1.807, 2.05) is 0 Å². The van der Waals surface area contributed by atoms with Gasteiger partial charge in [0.25, 0.3) is 0 Å². The molecule has 0 saturated carbocycles. The van der Waals surface area contributed by atoms with Crippen molar-refractivity contribution in [1.82, 2.24) is 0 Å². The Kier molecular flexibility index (Phi) is 4.43. The van der Waals surface area contributed by atoms with Gasteiger partial charge >= 0.3 is 5.69 Å².